The number of ether oxygens (including phenoxy) is 3. The van der Waals surface area contributed by atoms with Gasteiger partial charge in [-0.25, -0.2) is 4.57 Å². The van der Waals surface area contributed by atoms with Crippen LogP contribution in [0.5, 0.6) is 69.0 Å². The second-order valence-corrected chi connectivity index (χ2v) is 14.0. The molecule has 242 valence electrons. The number of benzene rings is 5. The first-order valence-electron chi connectivity index (χ1n) is 14.5. The highest BCUT2D eigenvalue weighted by Gasteiger charge is 2.55. The van der Waals surface area contributed by atoms with E-state index in [1.165, 1.54) is 0 Å². The highest BCUT2D eigenvalue weighted by Crippen LogP contribution is 2.75. The molecule has 2 unspecified atom stereocenters. The number of aryl methyl sites for hydroxylation is 2. The quantitative estimate of drug-likeness (QED) is 0.128. The molecular formula is C33H22O13P2. The number of hydrogen-bond acceptors (Lipinski definition) is 13. The van der Waals surface area contributed by atoms with Crippen LogP contribution in [0.1, 0.15) is 16.7 Å². The summed E-state index contributed by atoms with van der Waals surface area (Å²) in [6, 6.07) is 23.4. The molecule has 0 N–H and O–H groups in total. The van der Waals surface area contributed by atoms with Gasteiger partial charge >= 0.3 is 15.6 Å². The summed E-state index contributed by atoms with van der Waals surface area (Å²) in [6.45, 7) is 5.48. The second-order valence-electron chi connectivity index (χ2n) is 11.2. The van der Waals surface area contributed by atoms with Crippen LogP contribution in [0.4, 0.5) is 0 Å². The van der Waals surface area contributed by atoms with Crippen molar-refractivity contribution in [3.05, 3.63) is 95.6 Å². The van der Waals surface area contributed by atoms with Gasteiger partial charge in [-0.15, -0.1) is 0 Å². The molecule has 13 nitrogen and oxygen atoms in total. The second kappa shape index (κ2) is 10.3. The third-order valence-corrected chi connectivity index (χ3v) is 9.91. The van der Waals surface area contributed by atoms with E-state index in [-0.39, 0.29) is 63.1 Å². The Morgan fingerprint density at radius 1 is 0.500 bits per heavy atom. The van der Waals surface area contributed by atoms with E-state index in [4.69, 9.17) is 51.4 Å². The molecule has 0 aliphatic carbocycles. The van der Waals surface area contributed by atoms with Crippen LogP contribution >= 0.6 is 15.6 Å². The first kappa shape index (κ1) is 28.9. The normalized spacial score (nSPS) is 20.5. The molecule has 2 atom stereocenters. The van der Waals surface area contributed by atoms with Gasteiger partial charge in [0, 0.05) is 5.56 Å². The van der Waals surface area contributed by atoms with Gasteiger partial charge in [0.15, 0.2) is 17.2 Å². The summed E-state index contributed by atoms with van der Waals surface area (Å²) in [7, 11) is -9.03. The van der Waals surface area contributed by atoms with Crippen molar-refractivity contribution in [2.75, 3.05) is 0 Å². The van der Waals surface area contributed by atoms with E-state index in [9.17, 15) is 9.13 Å². The summed E-state index contributed by atoms with van der Waals surface area (Å²) in [5.41, 5.74) is 3.13. The summed E-state index contributed by atoms with van der Waals surface area (Å²) in [4.78, 5) is 11.7. The molecule has 7 bridgehead atoms. The molecule has 5 aliphatic heterocycles. The third kappa shape index (κ3) is 4.55. The van der Waals surface area contributed by atoms with E-state index in [1.807, 2.05) is 44.2 Å². The summed E-state index contributed by atoms with van der Waals surface area (Å²) in [5, 5.41) is 0. The minimum Gasteiger partial charge on any atom is -0.452 e. The summed E-state index contributed by atoms with van der Waals surface area (Å²) < 4.78 is 80.3. The molecule has 0 radical (unpaired) electrons. The average Bonchev–Trinajstić information content (AvgIpc) is 3.40. The van der Waals surface area contributed by atoms with Crippen molar-refractivity contribution >= 4 is 15.6 Å². The molecule has 0 fully saturated rings. The maximum atomic E-state index is 14.2. The van der Waals surface area contributed by atoms with Crippen LogP contribution in [-0.2, 0) is 18.5 Å². The predicted octanol–water partition coefficient (Wildman–Crippen LogP) is 10.1. The van der Waals surface area contributed by atoms with E-state index < -0.39 is 15.6 Å². The highest BCUT2D eigenvalue weighted by atomic mass is 31.2. The number of rotatable bonds is 5. The summed E-state index contributed by atoms with van der Waals surface area (Å²) in [6.07, 6.45) is 0. The number of phosphoric acid groups is 2. The van der Waals surface area contributed by atoms with Crippen molar-refractivity contribution in [2.45, 2.75) is 20.8 Å². The maximum Gasteiger partial charge on any atom is 0.647 e. The fourth-order valence-electron chi connectivity index (χ4n) is 5.44. The van der Waals surface area contributed by atoms with E-state index in [0.717, 1.165) is 11.1 Å². The fourth-order valence-corrected chi connectivity index (χ4v) is 7.63. The maximum absolute atomic E-state index is 14.2. The Labute approximate surface area is 272 Å². The van der Waals surface area contributed by atoms with Gasteiger partial charge in [-0.2, -0.15) is 4.57 Å². The van der Waals surface area contributed by atoms with Gasteiger partial charge in [-0.1, -0.05) is 75.1 Å². The molecular weight excluding hydrogens is 666 g/mol. The molecule has 0 amide bonds. The fraction of sp³-hybridized carbons (Fsp3) is 0.0909. The standard InChI is InChI=1S/C33H22O13P2/c1-17-9-13-21(14-10-17)36-26-23(20-7-5-4-6-8-20)27-28-29(37-22-15-11-18(2)12-16-22)31(26)40-46-48(35,45-39-27)44-33-25-19(3)24-32(30(33)38-28)43-47(34,41-24)42-25/h4-16H,1-3H3. The Hall–Kier alpha value is -5.32. The zero-order chi connectivity index (χ0) is 32.8. The smallest absolute Gasteiger partial charge is 0.452 e. The van der Waals surface area contributed by atoms with Gasteiger partial charge < -0.3 is 42.1 Å². The predicted molar refractivity (Wildman–Crippen MR) is 167 cm³/mol. The van der Waals surface area contributed by atoms with Gasteiger partial charge in [-0.3, -0.25) is 0 Å². The topological polar surface area (TPSA) is 136 Å². The molecule has 0 spiro atoms. The van der Waals surface area contributed by atoms with Crippen LogP contribution in [0.15, 0.2) is 78.9 Å². The van der Waals surface area contributed by atoms with E-state index in [2.05, 4.69) is 0 Å². The van der Waals surface area contributed by atoms with Crippen molar-refractivity contribution in [2.24, 2.45) is 0 Å². The number of hydrogen-bond donors (Lipinski definition) is 0. The van der Waals surface area contributed by atoms with Gasteiger partial charge in [0.1, 0.15) is 11.5 Å². The SMILES string of the molecule is Cc1ccc(Oc2c3c4c(-c5ccccc5)c(Oc5ccc(C)cc5)c2OOP(=O)(OO4)Oc2c4c(C)c5c(c2O3)OP(=O)(O4)O5)cc1. The van der Waals surface area contributed by atoms with Crippen LogP contribution in [0.3, 0.4) is 0 Å². The first-order chi connectivity index (χ1) is 23.2. The van der Waals surface area contributed by atoms with Crippen LogP contribution in [0.25, 0.3) is 11.1 Å². The number of phosphoric ester groups is 1. The Balaban J connectivity index is 1.37. The minimum atomic E-state index is -4.89. The largest absolute Gasteiger partial charge is 0.647 e. The zero-order valence-electron chi connectivity index (χ0n) is 25.2. The molecule has 5 aliphatic rings. The molecule has 15 heteroatoms. The van der Waals surface area contributed by atoms with Gasteiger partial charge in [-0.05, 0) is 50.6 Å². The van der Waals surface area contributed by atoms with Crippen molar-refractivity contribution in [3.8, 4) is 80.1 Å². The molecule has 0 saturated carbocycles. The zero-order valence-corrected chi connectivity index (χ0v) is 27.0. The van der Waals surface area contributed by atoms with Crippen LogP contribution < -0.4 is 42.1 Å². The lowest BCUT2D eigenvalue weighted by Gasteiger charge is -2.24. The van der Waals surface area contributed by atoms with Gasteiger partial charge in [0.25, 0.3) is 5.75 Å². The molecule has 0 aromatic heterocycles. The lowest BCUT2D eigenvalue weighted by molar-refractivity contribution is -0.183. The van der Waals surface area contributed by atoms with Crippen molar-refractivity contribution in [1.82, 2.24) is 0 Å². The Morgan fingerprint density at radius 3 is 1.62 bits per heavy atom. The third-order valence-electron chi connectivity index (χ3n) is 7.77. The van der Waals surface area contributed by atoms with Crippen LogP contribution in [-0.4, -0.2) is 0 Å². The molecule has 10 rings (SSSR count). The first-order valence-corrected chi connectivity index (χ1v) is 17.5. The molecule has 5 heterocycles. The van der Waals surface area contributed by atoms with Crippen molar-refractivity contribution in [1.29, 1.82) is 0 Å². The summed E-state index contributed by atoms with van der Waals surface area (Å²) in [5.74, 6) is -0.515. The molecule has 5 aromatic carbocycles. The monoisotopic (exact) mass is 688 g/mol. The molecule has 0 saturated heterocycles. The van der Waals surface area contributed by atoms with Crippen LogP contribution in [0, 0.1) is 20.8 Å². The summed E-state index contributed by atoms with van der Waals surface area (Å²) >= 11 is 0. The average molecular weight is 688 g/mol. The van der Waals surface area contributed by atoms with E-state index in [0.29, 0.717) is 22.6 Å². The lowest BCUT2D eigenvalue weighted by atomic mass is 10.0. The molecule has 48 heavy (non-hydrogen) atoms. The van der Waals surface area contributed by atoms with Crippen molar-refractivity contribution in [3.63, 3.8) is 0 Å². The lowest BCUT2D eigenvalue weighted by Crippen LogP contribution is -2.09. The minimum absolute atomic E-state index is 0.0407. The number of fused-ring (bicyclic) bond motifs is 7. The Bertz CT molecular complexity index is 2250. The van der Waals surface area contributed by atoms with E-state index in [1.54, 1.807) is 55.5 Å². The van der Waals surface area contributed by atoms with E-state index >= 15 is 0 Å². The van der Waals surface area contributed by atoms with Crippen molar-refractivity contribution < 1.29 is 60.6 Å². The highest BCUT2D eigenvalue weighted by molar-refractivity contribution is 7.50. The van der Waals surface area contributed by atoms with Gasteiger partial charge in [0.05, 0.1) is 5.56 Å². The van der Waals surface area contributed by atoms with Gasteiger partial charge in [0.2, 0.25) is 34.5 Å². The Morgan fingerprint density at radius 2 is 1.02 bits per heavy atom. The van der Waals surface area contributed by atoms with Crippen LogP contribution in [0.2, 0.25) is 0 Å². The molecule has 5 aromatic rings. The Kier molecular flexibility index (Phi) is 6.22.